The van der Waals surface area contributed by atoms with Crippen LogP contribution in [0.5, 0.6) is 0 Å². The van der Waals surface area contributed by atoms with Crippen molar-refractivity contribution in [3.63, 3.8) is 0 Å². The van der Waals surface area contributed by atoms with Gasteiger partial charge < -0.3 is 10.0 Å². The topological polar surface area (TPSA) is 41.3 Å². The number of aromatic nitrogens is 2. The van der Waals surface area contributed by atoms with E-state index < -0.39 is 0 Å². The minimum atomic E-state index is 0.130. The molecule has 0 saturated carbocycles. The Hall–Kier alpha value is -1.81. The van der Waals surface area contributed by atoms with Crippen LogP contribution in [0.15, 0.2) is 24.3 Å². The Morgan fingerprint density at radius 3 is 2.82 bits per heavy atom. The first kappa shape index (κ1) is 15.1. The van der Waals surface area contributed by atoms with Crippen LogP contribution in [0.2, 0.25) is 0 Å². The molecule has 1 N–H and O–H groups in total. The summed E-state index contributed by atoms with van der Waals surface area (Å²) in [5.74, 6) is 0.631. The molecule has 2 heterocycles. The van der Waals surface area contributed by atoms with E-state index in [4.69, 9.17) is 5.11 Å². The molecule has 1 aliphatic heterocycles. The molecule has 0 bridgehead atoms. The van der Waals surface area contributed by atoms with E-state index in [0.29, 0.717) is 12.5 Å². The number of nitrogens with zero attached hydrogens (tertiary/aromatic N) is 3. The number of para-hydroxylation sites is 1. The van der Waals surface area contributed by atoms with Crippen LogP contribution in [0.1, 0.15) is 41.8 Å². The fourth-order valence-electron chi connectivity index (χ4n) is 3.45. The predicted molar refractivity (Wildman–Crippen MR) is 89.3 cm³/mol. The molecule has 1 atom stereocenters. The average Bonchev–Trinajstić information content (AvgIpc) is 2.78. The van der Waals surface area contributed by atoms with E-state index in [1.165, 1.54) is 28.9 Å². The summed E-state index contributed by atoms with van der Waals surface area (Å²) >= 11 is 0. The maximum Gasteiger partial charge on any atom is 0.0646 e. The maximum absolute atomic E-state index is 9.15. The molecule has 0 saturated heterocycles. The van der Waals surface area contributed by atoms with E-state index in [-0.39, 0.29) is 6.61 Å². The molecular weight excluding hydrogens is 274 g/mol. The highest BCUT2D eigenvalue weighted by atomic mass is 16.3. The molecule has 4 nitrogen and oxygen atoms in total. The van der Waals surface area contributed by atoms with Gasteiger partial charge in [0.05, 0.1) is 18.8 Å². The normalized spacial score (nSPS) is 17.6. The predicted octanol–water partition coefficient (Wildman–Crippen LogP) is 3.01. The second kappa shape index (κ2) is 6.13. The van der Waals surface area contributed by atoms with Crippen molar-refractivity contribution >= 4 is 5.69 Å². The number of anilines is 1. The summed E-state index contributed by atoms with van der Waals surface area (Å²) in [4.78, 5) is 2.47. The standard InChI is InChI=1S/C18H25N3O/c1-13-8-9-20(18-7-5-4-6-16(13)18)12-17-14(2)19-21(10-11-22)15(17)3/h4-7,13,22H,8-12H2,1-3H3. The lowest BCUT2D eigenvalue weighted by molar-refractivity contribution is 0.268. The Labute approximate surface area is 132 Å². The molecule has 118 valence electrons. The summed E-state index contributed by atoms with van der Waals surface area (Å²) in [6, 6.07) is 8.74. The lowest BCUT2D eigenvalue weighted by atomic mass is 9.91. The summed E-state index contributed by atoms with van der Waals surface area (Å²) in [6.07, 6.45) is 1.19. The van der Waals surface area contributed by atoms with Gasteiger partial charge >= 0.3 is 0 Å². The lowest BCUT2D eigenvalue weighted by Gasteiger charge is -2.34. The SMILES string of the molecule is Cc1nn(CCO)c(C)c1CN1CCC(C)c2ccccc21. The molecule has 2 aromatic rings. The van der Waals surface area contributed by atoms with Gasteiger partial charge in [0.1, 0.15) is 0 Å². The Balaban J connectivity index is 1.90. The monoisotopic (exact) mass is 299 g/mol. The van der Waals surface area contributed by atoms with Gasteiger partial charge in [-0.2, -0.15) is 5.10 Å². The first-order valence-electron chi connectivity index (χ1n) is 8.09. The molecule has 0 aliphatic carbocycles. The van der Waals surface area contributed by atoms with E-state index in [2.05, 4.69) is 55.0 Å². The van der Waals surface area contributed by atoms with Crippen molar-refractivity contribution in [1.29, 1.82) is 0 Å². The van der Waals surface area contributed by atoms with Crippen LogP contribution < -0.4 is 4.90 Å². The molecule has 1 aliphatic rings. The van der Waals surface area contributed by atoms with Gasteiger partial charge in [0.2, 0.25) is 0 Å². The van der Waals surface area contributed by atoms with E-state index in [9.17, 15) is 0 Å². The number of benzene rings is 1. The fraction of sp³-hybridized carbons (Fsp3) is 0.500. The van der Waals surface area contributed by atoms with Crippen LogP contribution in [-0.4, -0.2) is 28.0 Å². The van der Waals surface area contributed by atoms with Crippen LogP contribution in [0.3, 0.4) is 0 Å². The smallest absolute Gasteiger partial charge is 0.0646 e. The summed E-state index contributed by atoms with van der Waals surface area (Å²) in [5, 5.41) is 13.7. The average molecular weight is 299 g/mol. The third-order valence-corrected chi connectivity index (χ3v) is 4.83. The van der Waals surface area contributed by atoms with Crippen molar-refractivity contribution < 1.29 is 5.11 Å². The number of rotatable bonds is 4. The van der Waals surface area contributed by atoms with Crippen LogP contribution in [0, 0.1) is 13.8 Å². The van der Waals surface area contributed by atoms with Crippen molar-refractivity contribution in [1.82, 2.24) is 9.78 Å². The number of hydrogen-bond donors (Lipinski definition) is 1. The summed E-state index contributed by atoms with van der Waals surface area (Å²) in [6.45, 7) is 9.16. The van der Waals surface area contributed by atoms with Gasteiger partial charge in [0.15, 0.2) is 0 Å². The lowest BCUT2D eigenvalue weighted by Crippen LogP contribution is -2.30. The van der Waals surface area contributed by atoms with Gasteiger partial charge in [-0.25, -0.2) is 0 Å². The van der Waals surface area contributed by atoms with Gasteiger partial charge in [-0.15, -0.1) is 0 Å². The second-order valence-corrected chi connectivity index (χ2v) is 6.27. The van der Waals surface area contributed by atoms with Gasteiger partial charge in [-0.05, 0) is 37.8 Å². The molecule has 1 unspecified atom stereocenters. The molecule has 0 amide bonds. The van der Waals surface area contributed by atoms with Gasteiger partial charge in [0, 0.05) is 30.0 Å². The Bertz CT molecular complexity index is 662. The third kappa shape index (κ3) is 2.63. The number of hydrogen-bond acceptors (Lipinski definition) is 3. The highest BCUT2D eigenvalue weighted by Crippen LogP contribution is 2.35. The zero-order valence-corrected chi connectivity index (χ0v) is 13.7. The number of fused-ring (bicyclic) bond motifs is 1. The number of aliphatic hydroxyl groups excluding tert-OH is 1. The molecule has 1 aromatic heterocycles. The first-order chi connectivity index (χ1) is 10.6. The molecule has 0 spiro atoms. The molecule has 1 aromatic carbocycles. The van der Waals surface area contributed by atoms with Crippen molar-refractivity contribution in [2.24, 2.45) is 0 Å². The van der Waals surface area contributed by atoms with E-state index in [1.54, 1.807) is 0 Å². The van der Waals surface area contributed by atoms with E-state index in [0.717, 1.165) is 18.8 Å². The molecule has 22 heavy (non-hydrogen) atoms. The largest absolute Gasteiger partial charge is 0.394 e. The highest BCUT2D eigenvalue weighted by Gasteiger charge is 2.23. The van der Waals surface area contributed by atoms with Crippen LogP contribution in [0.25, 0.3) is 0 Å². The Morgan fingerprint density at radius 2 is 2.05 bits per heavy atom. The van der Waals surface area contributed by atoms with Crippen molar-refractivity contribution in [2.45, 2.75) is 46.2 Å². The summed E-state index contributed by atoms with van der Waals surface area (Å²) in [7, 11) is 0. The Morgan fingerprint density at radius 1 is 1.27 bits per heavy atom. The fourth-order valence-corrected chi connectivity index (χ4v) is 3.45. The van der Waals surface area contributed by atoms with E-state index in [1.807, 2.05) is 4.68 Å². The second-order valence-electron chi connectivity index (χ2n) is 6.27. The molecule has 4 heteroatoms. The van der Waals surface area contributed by atoms with E-state index >= 15 is 0 Å². The minimum Gasteiger partial charge on any atom is -0.394 e. The molecule has 0 radical (unpaired) electrons. The molecular formula is C18H25N3O. The van der Waals surface area contributed by atoms with Crippen LogP contribution in [0.4, 0.5) is 5.69 Å². The zero-order valence-electron chi connectivity index (χ0n) is 13.7. The molecule has 3 rings (SSSR count). The minimum absolute atomic E-state index is 0.130. The Kier molecular flexibility index (Phi) is 4.21. The quantitative estimate of drug-likeness (QED) is 0.943. The van der Waals surface area contributed by atoms with Crippen molar-refractivity contribution in [3.05, 3.63) is 46.8 Å². The third-order valence-electron chi connectivity index (χ3n) is 4.83. The van der Waals surface area contributed by atoms with Crippen LogP contribution >= 0.6 is 0 Å². The summed E-state index contributed by atoms with van der Waals surface area (Å²) < 4.78 is 1.92. The van der Waals surface area contributed by atoms with Crippen molar-refractivity contribution in [2.75, 3.05) is 18.1 Å². The van der Waals surface area contributed by atoms with Crippen molar-refractivity contribution in [3.8, 4) is 0 Å². The van der Waals surface area contributed by atoms with Crippen LogP contribution in [-0.2, 0) is 13.1 Å². The number of aliphatic hydroxyl groups is 1. The first-order valence-corrected chi connectivity index (χ1v) is 8.09. The maximum atomic E-state index is 9.15. The number of aryl methyl sites for hydroxylation is 1. The van der Waals surface area contributed by atoms with Gasteiger partial charge in [-0.3, -0.25) is 4.68 Å². The highest BCUT2D eigenvalue weighted by molar-refractivity contribution is 5.57. The van der Waals surface area contributed by atoms with Gasteiger partial charge in [0.25, 0.3) is 0 Å². The summed E-state index contributed by atoms with van der Waals surface area (Å²) in [5.41, 5.74) is 6.34. The van der Waals surface area contributed by atoms with Gasteiger partial charge in [-0.1, -0.05) is 25.1 Å². The zero-order chi connectivity index (χ0) is 15.7. The molecule has 0 fully saturated rings.